The van der Waals surface area contributed by atoms with Crippen LogP contribution in [-0.2, 0) is 4.74 Å². The van der Waals surface area contributed by atoms with E-state index >= 15 is 0 Å². The Balaban J connectivity index is 1.77. The molecule has 0 amide bonds. The van der Waals surface area contributed by atoms with Crippen molar-refractivity contribution in [1.82, 2.24) is 14.5 Å². The van der Waals surface area contributed by atoms with E-state index < -0.39 is 0 Å². The summed E-state index contributed by atoms with van der Waals surface area (Å²) in [6.07, 6.45) is 7.96. The molecule has 1 aromatic heterocycles. The van der Waals surface area contributed by atoms with E-state index in [4.69, 9.17) is 10.5 Å². The normalized spacial score (nSPS) is 26.7. The van der Waals surface area contributed by atoms with Gasteiger partial charge in [0.25, 0.3) is 0 Å². The summed E-state index contributed by atoms with van der Waals surface area (Å²) >= 11 is 0. The van der Waals surface area contributed by atoms with Gasteiger partial charge < -0.3 is 15.0 Å². The van der Waals surface area contributed by atoms with Crippen LogP contribution in [0.4, 0.5) is 0 Å². The summed E-state index contributed by atoms with van der Waals surface area (Å²) in [7, 11) is 1.79. The van der Waals surface area contributed by atoms with Gasteiger partial charge in [-0.25, -0.2) is 4.98 Å². The zero-order valence-corrected chi connectivity index (χ0v) is 11.0. The number of hydrogen-bond acceptors (Lipinski definition) is 4. The van der Waals surface area contributed by atoms with Crippen molar-refractivity contribution in [2.24, 2.45) is 5.73 Å². The van der Waals surface area contributed by atoms with Gasteiger partial charge in [-0.2, -0.15) is 0 Å². The van der Waals surface area contributed by atoms with Crippen LogP contribution in [0.1, 0.15) is 37.0 Å². The number of aromatic nitrogens is 2. The average molecular weight is 250 g/mol. The topological polar surface area (TPSA) is 56.3 Å². The van der Waals surface area contributed by atoms with Gasteiger partial charge in [-0.1, -0.05) is 0 Å². The molecule has 2 atom stereocenters. The molecule has 0 bridgehead atoms. The fourth-order valence-electron chi connectivity index (χ4n) is 2.92. The number of rotatable bonds is 5. The number of methoxy groups -OCH3 is 1. The quantitative estimate of drug-likeness (QED) is 0.845. The zero-order chi connectivity index (χ0) is 12.5. The maximum atomic E-state index is 6.00. The third-order valence-electron chi connectivity index (χ3n) is 4.15. The van der Waals surface area contributed by atoms with E-state index in [0.717, 1.165) is 19.5 Å². The third kappa shape index (κ3) is 2.18. The molecule has 0 aromatic carbocycles. The summed E-state index contributed by atoms with van der Waals surface area (Å²) < 4.78 is 7.76. The van der Waals surface area contributed by atoms with Gasteiger partial charge in [-0.05, 0) is 19.3 Å². The van der Waals surface area contributed by atoms with Crippen LogP contribution < -0.4 is 5.73 Å². The molecule has 2 N–H and O–H groups in total. The molecule has 5 nitrogen and oxygen atoms in total. The van der Waals surface area contributed by atoms with Gasteiger partial charge in [0.2, 0.25) is 0 Å². The van der Waals surface area contributed by atoms with Crippen molar-refractivity contribution in [3.8, 4) is 0 Å². The van der Waals surface area contributed by atoms with E-state index in [0.29, 0.717) is 18.7 Å². The molecule has 1 aromatic rings. The van der Waals surface area contributed by atoms with E-state index in [2.05, 4.69) is 14.5 Å². The van der Waals surface area contributed by atoms with Crippen molar-refractivity contribution in [3.05, 3.63) is 18.2 Å². The van der Waals surface area contributed by atoms with Gasteiger partial charge in [0.1, 0.15) is 0 Å². The lowest BCUT2D eigenvalue weighted by atomic mass is 10.2. The molecule has 2 aliphatic rings. The van der Waals surface area contributed by atoms with Gasteiger partial charge in [0.15, 0.2) is 0 Å². The van der Waals surface area contributed by atoms with Gasteiger partial charge in [-0.15, -0.1) is 0 Å². The largest absolute Gasteiger partial charge is 0.380 e. The first-order valence-electron chi connectivity index (χ1n) is 6.82. The van der Waals surface area contributed by atoms with Crippen LogP contribution in [-0.4, -0.2) is 47.3 Å². The SMILES string of the molecule is COC1CCN(C(CN)c2cncn2C2CC2)C1. The third-order valence-corrected chi connectivity index (χ3v) is 4.15. The Morgan fingerprint density at radius 1 is 1.50 bits per heavy atom. The van der Waals surface area contributed by atoms with Crippen LogP contribution in [0.15, 0.2) is 12.5 Å². The number of likely N-dealkylation sites (tertiary alicyclic amines) is 1. The minimum absolute atomic E-state index is 0.285. The molecule has 5 heteroatoms. The van der Waals surface area contributed by atoms with E-state index in [9.17, 15) is 0 Å². The fraction of sp³-hybridized carbons (Fsp3) is 0.769. The molecule has 1 saturated heterocycles. The van der Waals surface area contributed by atoms with Gasteiger partial charge in [0, 0.05) is 39.0 Å². The Morgan fingerprint density at radius 3 is 2.94 bits per heavy atom. The lowest BCUT2D eigenvalue weighted by Gasteiger charge is -2.27. The highest BCUT2D eigenvalue weighted by molar-refractivity contribution is 5.10. The van der Waals surface area contributed by atoms with Crippen LogP contribution in [0.25, 0.3) is 0 Å². The van der Waals surface area contributed by atoms with E-state index in [1.54, 1.807) is 7.11 Å². The minimum atomic E-state index is 0.285. The molecule has 18 heavy (non-hydrogen) atoms. The van der Waals surface area contributed by atoms with Gasteiger partial charge in [-0.3, -0.25) is 4.90 Å². The fourth-order valence-corrected chi connectivity index (χ4v) is 2.92. The molecule has 1 saturated carbocycles. The van der Waals surface area contributed by atoms with Crippen molar-refractivity contribution in [1.29, 1.82) is 0 Å². The molecule has 2 fully saturated rings. The van der Waals surface area contributed by atoms with E-state index in [-0.39, 0.29) is 6.04 Å². The highest BCUT2D eigenvalue weighted by atomic mass is 16.5. The summed E-state index contributed by atoms with van der Waals surface area (Å²) in [5.74, 6) is 0. The Hall–Kier alpha value is -0.910. The number of nitrogens with zero attached hydrogens (tertiary/aromatic N) is 3. The maximum Gasteiger partial charge on any atom is 0.0951 e. The highest BCUT2D eigenvalue weighted by Crippen LogP contribution is 2.38. The van der Waals surface area contributed by atoms with Crippen LogP contribution in [0.2, 0.25) is 0 Å². The summed E-state index contributed by atoms with van der Waals surface area (Å²) in [5, 5.41) is 0. The second-order valence-corrected chi connectivity index (χ2v) is 5.35. The molecule has 2 heterocycles. The maximum absolute atomic E-state index is 6.00. The smallest absolute Gasteiger partial charge is 0.0951 e. The average Bonchev–Trinajstić information content (AvgIpc) is 2.94. The first kappa shape index (κ1) is 12.1. The lowest BCUT2D eigenvalue weighted by Crippen LogP contribution is -2.34. The Morgan fingerprint density at radius 2 is 2.33 bits per heavy atom. The molecular weight excluding hydrogens is 228 g/mol. The first-order valence-corrected chi connectivity index (χ1v) is 6.82. The number of hydrogen-bond donors (Lipinski definition) is 1. The molecule has 2 unspecified atom stereocenters. The lowest BCUT2D eigenvalue weighted by molar-refractivity contribution is 0.101. The van der Waals surface area contributed by atoms with Crippen LogP contribution >= 0.6 is 0 Å². The van der Waals surface area contributed by atoms with Crippen LogP contribution in [0.5, 0.6) is 0 Å². The number of ether oxygens (including phenoxy) is 1. The Labute approximate surface area is 108 Å². The second kappa shape index (κ2) is 4.99. The molecule has 0 spiro atoms. The molecule has 100 valence electrons. The zero-order valence-electron chi connectivity index (χ0n) is 11.0. The number of imidazole rings is 1. The summed E-state index contributed by atoms with van der Waals surface area (Å²) in [6, 6.07) is 0.950. The number of nitrogens with two attached hydrogens (primary N) is 1. The van der Waals surface area contributed by atoms with Gasteiger partial charge >= 0.3 is 0 Å². The predicted octanol–water partition coefficient (Wildman–Crippen LogP) is 0.938. The Bertz CT molecular complexity index is 401. The molecule has 3 rings (SSSR count). The molecular formula is C13H22N4O. The predicted molar refractivity (Wildman–Crippen MR) is 69.3 cm³/mol. The monoisotopic (exact) mass is 250 g/mol. The van der Waals surface area contributed by atoms with Crippen LogP contribution in [0.3, 0.4) is 0 Å². The van der Waals surface area contributed by atoms with Gasteiger partial charge in [0.05, 0.1) is 24.2 Å². The van der Waals surface area contributed by atoms with Crippen LogP contribution in [0, 0.1) is 0 Å². The molecule has 1 aliphatic carbocycles. The summed E-state index contributed by atoms with van der Waals surface area (Å²) in [6.45, 7) is 2.69. The minimum Gasteiger partial charge on any atom is -0.380 e. The Kier molecular flexibility index (Phi) is 3.37. The molecule has 0 radical (unpaired) electrons. The van der Waals surface area contributed by atoms with E-state index in [1.165, 1.54) is 18.5 Å². The summed E-state index contributed by atoms with van der Waals surface area (Å²) in [5.41, 5.74) is 7.27. The van der Waals surface area contributed by atoms with Crippen molar-refractivity contribution in [2.45, 2.75) is 37.5 Å². The highest BCUT2D eigenvalue weighted by Gasteiger charge is 2.33. The summed E-state index contributed by atoms with van der Waals surface area (Å²) in [4.78, 5) is 6.75. The molecule has 1 aliphatic heterocycles. The standard InChI is InChI=1S/C13H22N4O/c1-18-11-4-5-16(8-11)12(6-14)13-7-15-9-17(13)10-2-3-10/h7,9-12H,2-6,8,14H2,1H3. The second-order valence-electron chi connectivity index (χ2n) is 5.35. The van der Waals surface area contributed by atoms with Crippen molar-refractivity contribution < 1.29 is 4.74 Å². The van der Waals surface area contributed by atoms with E-state index in [1.807, 2.05) is 12.5 Å². The van der Waals surface area contributed by atoms with Crippen molar-refractivity contribution in [2.75, 3.05) is 26.7 Å². The van der Waals surface area contributed by atoms with Crippen molar-refractivity contribution in [3.63, 3.8) is 0 Å². The first-order chi connectivity index (χ1) is 8.83. The van der Waals surface area contributed by atoms with Crippen molar-refractivity contribution >= 4 is 0 Å².